The summed E-state index contributed by atoms with van der Waals surface area (Å²) in [6.45, 7) is 1.63. The number of aliphatic hydroxyl groups excluding tert-OH is 1. The van der Waals surface area contributed by atoms with Crippen molar-refractivity contribution >= 4 is 5.97 Å². The van der Waals surface area contributed by atoms with Crippen molar-refractivity contribution in [2.75, 3.05) is 0 Å². The Labute approximate surface area is 97.9 Å². The summed E-state index contributed by atoms with van der Waals surface area (Å²) in [5, 5.41) is 9.23. The van der Waals surface area contributed by atoms with Gasteiger partial charge in [0, 0.05) is 0 Å². The first kappa shape index (κ1) is 14.3. The molecule has 3 nitrogen and oxygen atoms in total. The number of carbonyl (C=O) groups excluding carboxylic acids is 1. The monoisotopic (exact) mass is 254 g/mol. The van der Waals surface area contributed by atoms with Crippen molar-refractivity contribution in [2.24, 2.45) is 5.41 Å². The molecule has 0 radical (unpaired) electrons. The van der Waals surface area contributed by atoms with E-state index >= 15 is 0 Å². The number of ether oxygens (including phenoxy) is 1. The Kier molecular flexibility index (Phi) is 4.06. The van der Waals surface area contributed by atoms with Gasteiger partial charge in [-0.05, 0) is 39.5 Å². The fourth-order valence-electron chi connectivity index (χ4n) is 1.58. The first-order valence-electron chi connectivity index (χ1n) is 5.60. The summed E-state index contributed by atoms with van der Waals surface area (Å²) in [4.78, 5) is 11.5. The van der Waals surface area contributed by atoms with Crippen molar-refractivity contribution in [1.29, 1.82) is 0 Å². The van der Waals surface area contributed by atoms with E-state index in [9.17, 15) is 23.1 Å². The Morgan fingerprint density at radius 3 is 2.06 bits per heavy atom. The van der Waals surface area contributed by atoms with Gasteiger partial charge >= 0.3 is 12.1 Å². The molecule has 1 aliphatic rings. The fraction of sp³-hybridized carbons (Fsp3) is 0.909. The largest absolute Gasteiger partial charge is 0.462 e. The van der Waals surface area contributed by atoms with Crippen LogP contribution in [0.15, 0.2) is 0 Å². The third-order valence-electron chi connectivity index (χ3n) is 3.14. The molecule has 1 N–H and O–H groups in total. The number of alkyl halides is 3. The quantitative estimate of drug-likeness (QED) is 0.770. The highest BCUT2D eigenvalue weighted by atomic mass is 19.4. The molecule has 1 aliphatic carbocycles. The summed E-state index contributed by atoms with van der Waals surface area (Å²) in [6, 6.07) is 0. The zero-order valence-electron chi connectivity index (χ0n) is 9.88. The van der Waals surface area contributed by atoms with Crippen LogP contribution in [0.4, 0.5) is 13.2 Å². The van der Waals surface area contributed by atoms with Gasteiger partial charge in [-0.1, -0.05) is 0 Å². The highest BCUT2D eigenvalue weighted by Crippen LogP contribution is 2.39. The van der Waals surface area contributed by atoms with Gasteiger partial charge in [0.05, 0.1) is 6.10 Å². The van der Waals surface area contributed by atoms with Crippen LogP contribution >= 0.6 is 0 Å². The van der Waals surface area contributed by atoms with Crippen LogP contribution in [0.2, 0.25) is 0 Å². The molecule has 17 heavy (non-hydrogen) atoms. The molecule has 0 heterocycles. The minimum Gasteiger partial charge on any atom is -0.462 e. The van der Waals surface area contributed by atoms with Crippen LogP contribution in [0.5, 0.6) is 0 Å². The molecule has 6 heteroatoms. The molecule has 0 aromatic heterocycles. The van der Waals surface area contributed by atoms with Crippen LogP contribution in [0, 0.1) is 5.41 Å². The predicted molar refractivity (Wildman–Crippen MR) is 54.2 cm³/mol. The lowest BCUT2D eigenvalue weighted by Gasteiger charge is -2.30. The second-order valence-electron chi connectivity index (χ2n) is 4.96. The summed E-state index contributed by atoms with van der Waals surface area (Å²) < 4.78 is 42.5. The molecule has 0 aromatic rings. The fourth-order valence-corrected chi connectivity index (χ4v) is 1.58. The average Bonchev–Trinajstić information content (AvgIpc) is 2.19. The molecule has 0 amide bonds. The van der Waals surface area contributed by atoms with Crippen LogP contribution < -0.4 is 0 Å². The lowest BCUT2D eigenvalue weighted by molar-refractivity contribution is -0.228. The van der Waals surface area contributed by atoms with Gasteiger partial charge in [0.2, 0.25) is 0 Å². The summed E-state index contributed by atoms with van der Waals surface area (Å²) in [5.74, 6) is -1.24. The lowest BCUT2D eigenvalue weighted by atomic mass is 9.91. The highest BCUT2D eigenvalue weighted by Gasteiger charge is 2.54. The molecule has 0 unspecified atom stereocenters. The Hall–Kier alpha value is -0.780. The van der Waals surface area contributed by atoms with Crippen molar-refractivity contribution < 1.29 is 27.8 Å². The van der Waals surface area contributed by atoms with Gasteiger partial charge in [0.25, 0.3) is 0 Å². The number of carbonyl (C=O) groups is 1. The van der Waals surface area contributed by atoms with E-state index in [2.05, 4.69) is 0 Å². The molecule has 0 saturated heterocycles. The lowest BCUT2D eigenvalue weighted by Crippen LogP contribution is -2.43. The molecule has 100 valence electrons. The maximum absolute atomic E-state index is 12.6. The van der Waals surface area contributed by atoms with Gasteiger partial charge in [-0.2, -0.15) is 13.2 Å². The van der Waals surface area contributed by atoms with Crippen LogP contribution in [-0.2, 0) is 9.53 Å². The topological polar surface area (TPSA) is 46.5 Å². The summed E-state index contributed by atoms with van der Waals surface area (Å²) in [5.41, 5.74) is -2.48. The van der Waals surface area contributed by atoms with Gasteiger partial charge in [-0.15, -0.1) is 0 Å². The molecule has 0 atom stereocenters. The van der Waals surface area contributed by atoms with E-state index in [-0.39, 0.29) is 0 Å². The van der Waals surface area contributed by atoms with E-state index in [4.69, 9.17) is 4.74 Å². The molecule has 0 bridgehead atoms. The number of rotatable bonds is 2. The average molecular weight is 254 g/mol. The minimum atomic E-state index is -4.61. The normalized spacial score (nSPS) is 26.7. The van der Waals surface area contributed by atoms with Crippen LogP contribution in [0.3, 0.4) is 0 Å². The van der Waals surface area contributed by atoms with Gasteiger partial charge in [-0.3, -0.25) is 4.79 Å². The zero-order chi connectivity index (χ0) is 13.3. The zero-order valence-corrected chi connectivity index (χ0v) is 9.88. The first-order valence-corrected chi connectivity index (χ1v) is 5.60. The van der Waals surface area contributed by atoms with E-state index < -0.39 is 29.8 Å². The Bertz CT molecular complexity index is 278. The van der Waals surface area contributed by atoms with Crippen LogP contribution in [0.25, 0.3) is 0 Å². The van der Waals surface area contributed by atoms with Crippen molar-refractivity contribution in [3.63, 3.8) is 0 Å². The Balaban J connectivity index is 2.55. The third kappa shape index (κ3) is 3.34. The first-order chi connectivity index (χ1) is 7.64. The van der Waals surface area contributed by atoms with Crippen LogP contribution in [0.1, 0.15) is 39.5 Å². The maximum atomic E-state index is 12.6. The van der Waals surface area contributed by atoms with Crippen LogP contribution in [-0.4, -0.2) is 29.5 Å². The van der Waals surface area contributed by atoms with Gasteiger partial charge in [-0.25, -0.2) is 0 Å². The summed E-state index contributed by atoms with van der Waals surface area (Å²) in [6.07, 6.45) is -3.79. The van der Waals surface area contributed by atoms with E-state index in [0.29, 0.717) is 25.7 Å². The summed E-state index contributed by atoms with van der Waals surface area (Å²) >= 11 is 0. The van der Waals surface area contributed by atoms with E-state index in [1.165, 1.54) is 0 Å². The number of hydrogen-bond donors (Lipinski definition) is 1. The molecule has 1 rings (SSSR count). The van der Waals surface area contributed by atoms with E-state index in [0.717, 1.165) is 13.8 Å². The number of esters is 1. The second kappa shape index (κ2) is 4.84. The highest BCUT2D eigenvalue weighted by molar-refractivity contribution is 5.77. The van der Waals surface area contributed by atoms with E-state index in [1.807, 2.05) is 0 Å². The number of halogens is 3. The predicted octanol–water partition coefficient (Wildman–Crippen LogP) is 2.42. The molecule has 1 saturated carbocycles. The van der Waals surface area contributed by atoms with Gasteiger partial charge < -0.3 is 9.84 Å². The Morgan fingerprint density at radius 1 is 1.18 bits per heavy atom. The smallest absolute Gasteiger partial charge is 0.404 e. The Morgan fingerprint density at radius 2 is 1.65 bits per heavy atom. The number of hydrogen-bond acceptors (Lipinski definition) is 3. The minimum absolute atomic E-state index is 0.418. The van der Waals surface area contributed by atoms with Gasteiger partial charge in [0.15, 0.2) is 5.41 Å². The molecule has 1 fully saturated rings. The molecular weight excluding hydrogens is 237 g/mol. The molecular formula is C11H17F3O3. The SMILES string of the molecule is CC(C)(C(=O)OC1CCC(O)CC1)C(F)(F)F. The van der Waals surface area contributed by atoms with Gasteiger partial charge in [0.1, 0.15) is 6.10 Å². The van der Waals surface area contributed by atoms with Crippen molar-refractivity contribution in [3.05, 3.63) is 0 Å². The van der Waals surface area contributed by atoms with Crippen molar-refractivity contribution in [1.82, 2.24) is 0 Å². The third-order valence-corrected chi connectivity index (χ3v) is 3.14. The standard InChI is InChI=1S/C11H17F3O3/c1-10(2,11(12,13)14)9(16)17-8-5-3-7(15)4-6-8/h7-8,15H,3-6H2,1-2H3. The maximum Gasteiger partial charge on any atom is 0.404 e. The van der Waals surface area contributed by atoms with Crippen molar-refractivity contribution in [3.8, 4) is 0 Å². The second-order valence-corrected chi connectivity index (χ2v) is 4.96. The molecule has 0 aromatic carbocycles. The number of aliphatic hydroxyl groups is 1. The van der Waals surface area contributed by atoms with E-state index in [1.54, 1.807) is 0 Å². The summed E-state index contributed by atoms with van der Waals surface area (Å²) in [7, 11) is 0. The van der Waals surface area contributed by atoms with Crippen molar-refractivity contribution in [2.45, 2.75) is 57.9 Å². The molecule has 0 aliphatic heterocycles. The molecule has 0 spiro atoms.